The Morgan fingerprint density at radius 2 is 2.00 bits per heavy atom. The highest BCUT2D eigenvalue weighted by Crippen LogP contribution is 2.10. The standard InChI is InChI=1S/C16H21N3O4/c1-3-10-23-14-7-5-13(6-8-14)12-18-19-16(21)15(20)17-9-4-11-22-2/h3,5-8,12H,1,4,9-11H2,2H3,(H,17,20)(H,19,21)/b18-12+. The lowest BCUT2D eigenvalue weighted by molar-refractivity contribution is -0.139. The van der Waals surface area contributed by atoms with E-state index < -0.39 is 11.8 Å². The van der Waals surface area contributed by atoms with Crippen LogP contribution >= 0.6 is 0 Å². The number of hydrazone groups is 1. The molecular weight excluding hydrogens is 298 g/mol. The molecule has 0 heterocycles. The highest BCUT2D eigenvalue weighted by atomic mass is 16.5. The second-order valence-corrected chi connectivity index (χ2v) is 4.47. The maximum Gasteiger partial charge on any atom is 0.329 e. The molecule has 0 radical (unpaired) electrons. The Morgan fingerprint density at radius 3 is 2.65 bits per heavy atom. The molecule has 0 aromatic heterocycles. The van der Waals surface area contributed by atoms with E-state index >= 15 is 0 Å². The fourth-order valence-corrected chi connectivity index (χ4v) is 1.52. The molecule has 0 saturated heterocycles. The van der Waals surface area contributed by atoms with Crippen molar-refractivity contribution >= 4 is 18.0 Å². The summed E-state index contributed by atoms with van der Waals surface area (Å²) in [6.45, 7) is 4.89. The van der Waals surface area contributed by atoms with Crippen molar-refractivity contribution < 1.29 is 19.1 Å². The van der Waals surface area contributed by atoms with Gasteiger partial charge in [-0.2, -0.15) is 5.10 Å². The SMILES string of the molecule is C=CCOc1ccc(/C=N/NC(=O)C(=O)NCCCOC)cc1. The van der Waals surface area contributed by atoms with Crippen LogP contribution in [0.15, 0.2) is 42.0 Å². The Bertz CT molecular complexity index is 541. The molecule has 1 rings (SSSR count). The van der Waals surface area contributed by atoms with E-state index in [0.717, 1.165) is 5.56 Å². The Morgan fingerprint density at radius 1 is 1.26 bits per heavy atom. The minimum Gasteiger partial charge on any atom is -0.490 e. The van der Waals surface area contributed by atoms with Gasteiger partial charge in [0.15, 0.2) is 0 Å². The maximum atomic E-state index is 11.5. The summed E-state index contributed by atoms with van der Waals surface area (Å²) < 4.78 is 10.2. The Balaban J connectivity index is 2.35. The number of ether oxygens (including phenoxy) is 2. The van der Waals surface area contributed by atoms with Gasteiger partial charge in [-0.3, -0.25) is 9.59 Å². The first-order chi connectivity index (χ1) is 11.2. The predicted molar refractivity (Wildman–Crippen MR) is 87.4 cm³/mol. The van der Waals surface area contributed by atoms with Crippen molar-refractivity contribution in [2.75, 3.05) is 26.9 Å². The molecule has 0 aliphatic carbocycles. The number of rotatable bonds is 9. The van der Waals surface area contributed by atoms with Gasteiger partial charge in [-0.1, -0.05) is 12.7 Å². The van der Waals surface area contributed by atoms with E-state index in [4.69, 9.17) is 9.47 Å². The quantitative estimate of drug-likeness (QED) is 0.232. The Labute approximate surface area is 135 Å². The molecule has 0 spiro atoms. The van der Waals surface area contributed by atoms with Gasteiger partial charge < -0.3 is 14.8 Å². The average molecular weight is 319 g/mol. The predicted octanol–water partition coefficient (Wildman–Crippen LogP) is 0.854. The summed E-state index contributed by atoms with van der Waals surface area (Å²) in [6, 6.07) is 7.10. The minimum absolute atomic E-state index is 0.371. The number of amides is 2. The van der Waals surface area contributed by atoms with Gasteiger partial charge in [-0.05, 0) is 36.2 Å². The van der Waals surface area contributed by atoms with Crippen molar-refractivity contribution in [3.05, 3.63) is 42.5 Å². The van der Waals surface area contributed by atoms with Crippen molar-refractivity contribution in [3.63, 3.8) is 0 Å². The topological polar surface area (TPSA) is 89.0 Å². The number of hydrogen-bond donors (Lipinski definition) is 2. The number of benzene rings is 1. The van der Waals surface area contributed by atoms with Gasteiger partial charge in [0.05, 0.1) is 6.21 Å². The van der Waals surface area contributed by atoms with Gasteiger partial charge in [0.1, 0.15) is 12.4 Å². The molecule has 1 aromatic rings. The van der Waals surface area contributed by atoms with Crippen LogP contribution in [0.25, 0.3) is 0 Å². The fourth-order valence-electron chi connectivity index (χ4n) is 1.52. The maximum absolute atomic E-state index is 11.5. The summed E-state index contributed by atoms with van der Waals surface area (Å²) >= 11 is 0. The zero-order chi connectivity index (χ0) is 16.9. The number of methoxy groups -OCH3 is 1. The van der Waals surface area contributed by atoms with Crippen LogP contribution in [0, 0.1) is 0 Å². The Kier molecular flexibility index (Phi) is 8.77. The zero-order valence-corrected chi connectivity index (χ0v) is 13.1. The van der Waals surface area contributed by atoms with Crippen LogP contribution in [0.3, 0.4) is 0 Å². The van der Waals surface area contributed by atoms with E-state index in [0.29, 0.717) is 31.9 Å². The van der Waals surface area contributed by atoms with E-state index in [-0.39, 0.29) is 0 Å². The van der Waals surface area contributed by atoms with Gasteiger partial charge in [0, 0.05) is 20.3 Å². The average Bonchev–Trinajstić information content (AvgIpc) is 2.57. The van der Waals surface area contributed by atoms with E-state index in [9.17, 15) is 9.59 Å². The molecule has 23 heavy (non-hydrogen) atoms. The third-order valence-electron chi connectivity index (χ3n) is 2.64. The number of carbonyl (C=O) groups excluding carboxylic acids is 2. The minimum atomic E-state index is -0.815. The molecule has 124 valence electrons. The number of nitrogens with one attached hydrogen (secondary N) is 2. The van der Waals surface area contributed by atoms with E-state index in [2.05, 4.69) is 22.4 Å². The van der Waals surface area contributed by atoms with E-state index in [1.807, 2.05) is 0 Å². The first-order valence-electron chi connectivity index (χ1n) is 7.11. The van der Waals surface area contributed by atoms with Crippen LogP contribution < -0.4 is 15.5 Å². The van der Waals surface area contributed by atoms with Crippen LogP contribution in [0.1, 0.15) is 12.0 Å². The molecule has 7 nitrogen and oxygen atoms in total. The third-order valence-corrected chi connectivity index (χ3v) is 2.64. The van der Waals surface area contributed by atoms with Crippen molar-refractivity contribution in [2.45, 2.75) is 6.42 Å². The van der Waals surface area contributed by atoms with E-state index in [1.54, 1.807) is 37.5 Å². The molecule has 2 N–H and O–H groups in total. The number of nitrogens with zero attached hydrogens (tertiary/aromatic N) is 1. The van der Waals surface area contributed by atoms with Gasteiger partial charge in [0.2, 0.25) is 0 Å². The lowest BCUT2D eigenvalue weighted by Crippen LogP contribution is -2.38. The zero-order valence-electron chi connectivity index (χ0n) is 13.1. The molecule has 0 unspecified atom stereocenters. The lowest BCUT2D eigenvalue weighted by atomic mass is 10.2. The molecule has 1 aromatic carbocycles. The second-order valence-electron chi connectivity index (χ2n) is 4.47. The smallest absolute Gasteiger partial charge is 0.329 e. The van der Waals surface area contributed by atoms with Crippen LogP contribution in [0.4, 0.5) is 0 Å². The summed E-state index contributed by atoms with van der Waals surface area (Å²) in [4.78, 5) is 22.9. The Hall–Kier alpha value is -2.67. The summed E-state index contributed by atoms with van der Waals surface area (Å²) in [5.41, 5.74) is 2.92. The van der Waals surface area contributed by atoms with Gasteiger partial charge in [-0.15, -0.1) is 0 Å². The number of hydrogen-bond acceptors (Lipinski definition) is 5. The first-order valence-corrected chi connectivity index (χ1v) is 7.11. The molecule has 0 saturated carbocycles. The van der Waals surface area contributed by atoms with Crippen LogP contribution in [0.2, 0.25) is 0 Å². The second kappa shape index (κ2) is 11.0. The largest absolute Gasteiger partial charge is 0.490 e. The van der Waals surface area contributed by atoms with Crippen LogP contribution in [-0.4, -0.2) is 44.9 Å². The lowest BCUT2D eigenvalue weighted by Gasteiger charge is -2.03. The van der Waals surface area contributed by atoms with Crippen molar-refractivity contribution in [1.29, 1.82) is 0 Å². The van der Waals surface area contributed by atoms with E-state index in [1.165, 1.54) is 6.21 Å². The number of carbonyl (C=O) groups is 2. The van der Waals surface area contributed by atoms with Crippen LogP contribution in [0.5, 0.6) is 5.75 Å². The molecule has 7 heteroatoms. The molecule has 0 bridgehead atoms. The third kappa shape index (κ3) is 7.77. The first kappa shape index (κ1) is 18.4. The van der Waals surface area contributed by atoms with Crippen molar-refractivity contribution in [3.8, 4) is 5.75 Å². The summed E-state index contributed by atoms with van der Waals surface area (Å²) in [6.07, 6.45) is 3.73. The summed E-state index contributed by atoms with van der Waals surface area (Å²) in [7, 11) is 1.57. The summed E-state index contributed by atoms with van der Waals surface area (Å²) in [5, 5.41) is 6.20. The fraction of sp³-hybridized carbons (Fsp3) is 0.312. The molecular formula is C16H21N3O4. The molecule has 2 amide bonds. The monoisotopic (exact) mass is 319 g/mol. The van der Waals surface area contributed by atoms with Crippen LogP contribution in [-0.2, 0) is 14.3 Å². The van der Waals surface area contributed by atoms with Crippen molar-refractivity contribution in [2.24, 2.45) is 5.10 Å². The summed E-state index contributed by atoms with van der Waals surface area (Å²) in [5.74, 6) is -0.836. The molecule has 0 fully saturated rings. The normalized spacial score (nSPS) is 10.3. The van der Waals surface area contributed by atoms with Gasteiger partial charge in [-0.25, -0.2) is 5.43 Å². The van der Waals surface area contributed by atoms with Gasteiger partial charge >= 0.3 is 11.8 Å². The highest BCUT2D eigenvalue weighted by Gasteiger charge is 2.11. The van der Waals surface area contributed by atoms with Gasteiger partial charge in [0.25, 0.3) is 0 Å². The molecule has 0 aliphatic rings. The van der Waals surface area contributed by atoms with Crippen molar-refractivity contribution in [1.82, 2.24) is 10.7 Å². The molecule has 0 aliphatic heterocycles. The molecule has 0 atom stereocenters. The highest BCUT2D eigenvalue weighted by molar-refractivity contribution is 6.35.